The summed E-state index contributed by atoms with van der Waals surface area (Å²) in [6, 6.07) is 4.17. The van der Waals surface area contributed by atoms with E-state index in [-0.39, 0.29) is 0 Å². The zero-order valence-electron chi connectivity index (χ0n) is 11.4. The molecule has 17 heavy (non-hydrogen) atoms. The molecule has 0 aliphatic heterocycles. The number of rotatable bonds is 7. The van der Waals surface area contributed by atoms with Crippen LogP contribution in [0.3, 0.4) is 0 Å². The van der Waals surface area contributed by atoms with Crippen LogP contribution < -0.4 is 0 Å². The number of carbonyl (C=O) groups excluding carboxylic acids is 1. The van der Waals surface area contributed by atoms with Crippen molar-refractivity contribution in [3.63, 3.8) is 0 Å². The van der Waals surface area contributed by atoms with Crippen LogP contribution in [0.5, 0.6) is 0 Å². The molecule has 0 saturated carbocycles. The average Bonchev–Trinajstić information content (AvgIpc) is 2.33. The normalized spacial score (nSPS) is 10.5. The van der Waals surface area contributed by atoms with E-state index in [4.69, 9.17) is 0 Å². The minimum absolute atomic E-state index is 0.844. The Kier molecular flexibility index (Phi) is 5.96. The molecule has 0 unspecified atom stereocenters. The fraction of sp³-hybridized carbons (Fsp3) is 0.562. The van der Waals surface area contributed by atoms with Gasteiger partial charge in [0.25, 0.3) is 0 Å². The molecule has 0 heterocycles. The molecule has 0 radical (unpaired) electrons. The lowest BCUT2D eigenvalue weighted by Gasteiger charge is -2.15. The highest BCUT2D eigenvalue weighted by atomic mass is 16.1. The molecule has 1 aromatic carbocycles. The second-order valence-electron chi connectivity index (χ2n) is 4.69. The predicted molar refractivity (Wildman–Crippen MR) is 73.8 cm³/mol. The molecule has 0 aliphatic carbocycles. The van der Waals surface area contributed by atoms with Gasteiger partial charge in [0.2, 0.25) is 0 Å². The van der Waals surface area contributed by atoms with Crippen LogP contribution in [0.15, 0.2) is 12.1 Å². The van der Waals surface area contributed by atoms with E-state index in [1.807, 2.05) is 0 Å². The summed E-state index contributed by atoms with van der Waals surface area (Å²) in [5, 5.41) is 0. The molecule has 0 bridgehead atoms. The first kappa shape index (κ1) is 14.0. The van der Waals surface area contributed by atoms with Gasteiger partial charge in [-0.15, -0.1) is 0 Å². The predicted octanol–water partition coefficient (Wildman–Crippen LogP) is 4.36. The summed E-state index contributed by atoms with van der Waals surface area (Å²) in [5.74, 6) is 0. The van der Waals surface area contributed by atoms with E-state index < -0.39 is 0 Å². The van der Waals surface area contributed by atoms with Gasteiger partial charge < -0.3 is 0 Å². The summed E-state index contributed by atoms with van der Waals surface area (Å²) in [6.45, 7) is 6.62. The van der Waals surface area contributed by atoms with Gasteiger partial charge in [-0.2, -0.15) is 0 Å². The van der Waals surface area contributed by atoms with Crippen molar-refractivity contribution in [3.8, 4) is 0 Å². The highest BCUT2D eigenvalue weighted by Gasteiger charge is 2.09. The number of benzene rings is 1. The Balaban J connectivity index is 3.21. The third-order valence-corrected chi connectivity index (χ3v) is 3.13. The van der Waals surface area contributed by atoms with Gasteiger partial charge in [-0.25, -0.2) is 0 Å². The lowest BCUT2D eigenvalue weighted by Crippen LogP contribution is -2.02. The Morgan fingerprint density at radius 1 is 0.882 bits per heavy atom. The van der Waals surface area contributed by atoms with Gasteiger partial charge in [0.15, 0.2) is 0 Å². The zero-order valence-corrected chi connectivity index (χ0v) is 11.4. The Hall–Kier alpha value is -1.11. The van der Waals surface area contributed by atoms with Crippen molar-refractivity contribution < 1.29 is 4.79 Å². The van der Waals surface area contributed by atoms with Crippen LogP contribution in [0, 0.1) is 0 Å². The summed E-state index contributed by atoms with van der Waals surface area (Å²) in [6.07, 6.45) is 7.77. The van der Waals surface area contributed by atoms with Gasteiger partial charge >= 0.3 is 0 Å². The maximum Gasteiger partial charge on any atom is 0.150 e. The highest BCUT2D eigenvalue weighted by Crippen LogP contribution is 2.22. The van der Waals surface area contributed by atoms with Gasteiger partial charge in [-0.05, 0) is 48.1 Å². The monoisotopic (exact) mass is 232 g/mol. The summed E-state index contributed by atoms with van der Waals surface area (Å²) >= 11 is 0. The topological polar surface area (TPSA) is 17.1 Å². The summed E-state index contributed by atoms with van der Waals surface area (Å²) in [5.41, 5.74) is 5.13. The zero-order chi connectivity index (χ0) is 12.7. The molecule has 1 heteroatoms. The number of aldehydes is 1. The number of aryl methyl sites for hydroxylation is 2. The van der Waals surface area contributed by atoms with Crippen molar-refractivity contribution in [1.29, 1.82) is 0 Å². The lowest BCUT2D eigenvalue weighted by molar-refractivity contribution is 0.112. The Labute approximate surface area is 105 Å². The number of hydrogen-bond acceptors (Lipinski definition) is 1. The molecule has 1 rings (SSSR count). The molecule has 1 aromatic rings. The van der Waals surface area contributed by atoms with Crippen LogP contribution >= 0.6 is 0 Å². The maximum absolute atomic E-state index is 11.0. The van der Waals surface area contributed by atoms with Gasteiger partial charge in [0.1, 0.15) is 6.29 Å². The van der Waals surface area contributed by atoms with Crippen molar-refractivity contribution in [2.45, 2.75) is 59.3 Å². The van der Waals surface area contributed by atoms with Crippen LogP contribution in [0.4, 0.5) is 0 Å². The Bertz CT molecular complexity index is 339. The third kappa shape index (κ3) is 3.69. The third-order valence-electron chi connectivity index (χ3n) is 3.13. The van der Waals surface area contributed by atoms with Crippen LogP contribution in [-0.2, 0) is 19.3 Å². The van der Waals surface area contributed by atoms with Crippen molar-refractivity contribution in [1.82, 2.24) is 0 Å². The smallest absolute Gasteiger partial charge is 0.150 e. The summed E-state index contributed by atoms with van der Waals surface area (Å²) in [4.78, 5) is 11.0. The molecule has 1 nitrogen and oxygen atoms in total. The van der Waals surface area contributed by atoms with E-state index in [0.717, 1.165) is 44.0 Å². The molecule has 0 saturated heterocycles. The first-order valence-electron chi connectivity index (χ1n) is 6.86. The Morgan fingerprint density at radius 2 is 1.35 bits per heavy atom. The molecule has 0 fully saturated rings. The van der Waals surface area contributed by atoms with Crippen molar-refractivity contribution in [2.75, 3.05) is 0 Å². The van der Waals surface area contributed by atoms with E-state index >= 15 is 0 Å². The van der Waals surface area contributed by atoms with Gasteiger partial charge in [0.05, 0.1) is 0 Å². The molecule has 0 spiro atoms. The molecule has 0 aromatic heterocycles. The van der Waals surface area contributed by atoms with Gasteiger partial charge in [-0.1, -0.05) is 40.0 Å². The number of carbonyl (C=O) groups is 1. The molecule has 0 amide bonds. The van der Waals surface area contributed by atoms with E-state index in [1.165, 1.54) is 23.1 Å². The highest BCUT2D eigenvalue weighted by molar-refractivity contribution is 5.76. The fourth-order valence-corrected chi connectivity index (χ4v) is 2.45. The van der Waals surface area contributed by atoms with Crippen LogP contribution in [-0.4, -0.2) is 6.29 Å². The van der Waals surface area contributed by atoms with E-state index in [2.05, 4.69) is 32.9 Å². The van der Waals surface area contributed by atoms with E-state index in [0.29, 0.717) is 0 Å². The minimum atomic E-state index is 0.844. The van der Waals surface area contributed by atoms with E-state index in [1.54, 1.807) is 0 Å². The molecule has 0 atom stereocenters. The maximum atomic E-state index is 11.0. The molecule has 0 aliphatic rings. The molecule has 94 valence electrons. The van der Waals surface area contributed by atoms with Gasteiger partial charge in [-0.3, -0.25) is 4.79 Å². The minimum Gasteiger partial charge on any atom is -0.298 e. The molecule has 0 N–H and O–H groups in total. The van der Waals surface area contributed by atoms with Crippen LogP contribution in [0.1, 0.15) is 67.1 Å². The van der Waals surface area contributed by atoms with E-state index in [9.17, 15) is 4.79 Å². The van der Waals surface area contributed by atoms with Crippen molar-refractivity contribution >= 4 is 6.29 Å². The largest absolute Gasteiger partial charge is 0.298 e. The molecular formula is C16H24O. The summed E-state index contributed by atoms with van der Waals surface area (Å²) in [7, 11) is 0. The van der Waals surface area contributed by atoms with Crippen LogP contribution in [0.25, 0.3) is 0 Å². The Morgan fingerprint density at radius 3 is 1.71 bits per heavy atom. The fourth-order valence-electron chi connectivity index (χ4n) is 2.45. The second kappa shape index (κ2) is 7.26. The second-order valence-corrected chi connectivity index (χ2v) is 4.69. The lowest BCUT2D eigenvalue weighted by atomic mass is 9.90. The van der Waals surface area contributed by atoms with Gasteiger partial charge in [0, 0.05) is 5.56 Å². The first-order chi connectivity index (χ1) is 8.26. The summed E-state index contributed by atoms with van der Waals surface area (Å²) < 4.78 is 0. The average molecular weight is 232 g/mol. The quantitative estimate of drug-likeness (QED) is 0.638. The first-order valence-corrected chi connectivity index (χ1v) is 6.86. The SMILES string of the molecule is CCCc1cc(C=O)cc(CCC)c1CCC. The van der Waals surface area contributed by atoms with Crippen molar-refractivity contribution in [3.05, 3.63) is 34.4 Å². The molecular weight excluding hydrogens is 208 g/mol. The van der Waals surface area contributed by atoms with Crippen LogP contribution in [0.2, 0.25) is 0 Å². The standard InChI is InChI=1S/C16H24O/c1-4-7-14-10-13(12-17)11-15(8-5-2)16(14)9-6-3/h10-12H,4-9H2,1-3H3. The van der Waals surface area contributed by atoms with Crippen molar-refractivity contribution in [2.24, 2.45) is 0 Å². The number of hydrogen-bond donors (Lipinski definition) is 0.